The number of nitrogens with zero attached hydrogens (tertiary/aromatic N) is 1. The lowest BCUT2D eigenvalue weighted by molar-refractivity contribution is 0.129. The predicted molar refractivity (Wildman–Crippen MR) is 60.2 cm³/mol. The molecule has 0 fully saturated rings. The van der Waals surface area contributed by atoms with Gasteiger partial charge in [0.05, 0.1) is 11.8 Å². The SMILES string of the molecule is COC(C)CNc1cccnc1C(=N)N. The second-order valence-electron chi connectivity index (χ2n) is 3.24. The van der Waals surface area contributed by atoms with E-state index in [9.17, 15) is 0 Å². The number of ether oxygens (including phenoxy) is 1. The van der Waals surface area contributed by atoms with Gasteiger partial charge in [0, 0.05) is 19.9 Å². The van der Waals surface area contributed by atoms with Gasteiger partial charge < -0.3 is 15.8 Å². The number of nitrogens with one attached hydrogen (secondary N) is 2. The molecule has 4 N–H and O–H groups in total. The maximum atomic E-state index is 7.35. The van der Waals surface area contributed by atoms with Crippen molar-refractivity contribution in [2.45, 2.75) is 13.0 Å². The standard InChI is InChI=1S/C10H16N4O/c1-7(15-2)6-14-8-4-3-5-13-9(8)10(11)12/h3-5,7,14H,6H2,1-2H3,(H3,11,12). The third-order valence-corrected chi connectivity index (χ3v) is 2.05. The first-order valence-electron chi connectivity index (χ1n) is 4.71. The molecule has 0 saturated carbocycles. The Balaban J connectivity index is 2.72. The smallest absolute Gasteiger partial charge is 0.143 e. The number of nitrogens with two attached hydrogens (primary N) is 1. The summed E-state index contributed by atoms with van der Waals surface area (Å²) in [6, 6.07) is 3.64. The molecule has 82 valence electrons. The van der Waals surface area contributed by atoms with Crippen molar-refractivity contribution in [3.8, 4) is 0 Å². The fourth-order valence-electron chi connectivity index (χ4n) is 1.10. The minimum atomic E-state index is -0.0387. The minimum Gasteiger partial charge on any atom is -0.382 e. The number of pyridine rings is 1. The van der Waals surface area contributed by atoms with E-state index >= 15 is 0 Å². The summed E-state index contributed by atoms with van der Waals surface area (Å²) in [5, 5.41) is 10.5. The van der Waals surface area contributed by atoms with Crippen LogP contribution in [0.1, 0.15) is 12.6 Å². The summed E-state index contributed by atoms with van der Waals surface area (Å²) in [5.41, 5.74) is 6.63. The summed E-state index contributed by atoms with van der Waals surface area (Å²) < 4.78 is 5.10. The van der Waals surface area contributed by atoms with Gasteiger partial charge in [0.15, 0.2) is 0 Å². The molecule has 5 nitrogen and oxygen atoms in total. The van der Waals surface area contributed by atoms with Crippen LogP contribution in [-0.2, 0) is 4.74 Å². The van der Waals surface area contributed by atoms with Gasteiger partial charge in [0.2, 0.25) is 0 Å². The number of anilines is 1. The van der Waals surface area contributed by atoms with Crippen LogP contribution in [0.5, 0.6) is 0 Å². The molecule has 1 rings (SSSR count). The van der Waals surface area contributed by atoms with E-state index in [0.29, 0.717) is 12.2 Å². The van der Waals surface area contributed by atoms with Gasteiger partial charge in [-0.1, -0.05) is 0 Å². The summed E-state index contributed by atoms with van der Waals surface area (Å²) >= 11 is 0. The largest absolute Gasteiger partial charge is 0.382 e. The highest BCUT2D eigenvalue weighted by atomic mass is 16.5. The Morgan fingerprint density at radius 2 is 2.47 bits per heavy atom. The Hall–Kier alpha value is -1.62. The van der Waals surface area contributed by atoms with Crippen LogP contribution >= 0.6 is 0 Å². The fraction of sp³-hybridized carbons (Fsp3) is 0.400. The molecule has 15 heavy (non-hydrogen) atoms. The number of methoxy groups -OCH3 is 1. The van der Waals surface area contributed by atoms with Gasteiger partial charge in [0.1, 0.15) is 11.5 Å². The van der Waals surface area contributed by atoms with Gasteiger partial charge in [-0.15, -0.1) is 0 Å². The van der Waals surface area contributed by atoms with Crippen LogP contribution in [0.25, 0.3) is 0 Å². The summed E-state index contributed by atoms with van der Waals surface area (Å²) in [5.74, 6) is -0.0387. The molecule has 1 aromatic rings. The molecule has 0 radical (unpaired) electrons. The van der Waals surface area contributed by atoms with Crippen LogP contribution in [0.15, 0.2) is 18.3 Å². The van der Waals surface area contributed by atoms with Crippen molar-refractivity contribution in [3.63, 3.8) is 0 Å². The molecule has 0 amide bonds. The van der Waals surface area contributed by atoms with Crippen LogP contribution < -0.4 is 11.1 Å². The summed E-state index contributed by atoms with van der Waals surface area (Å²) in [6.07, 6.45) is 1.71. The Labute approximate surface area is 89.2 Å². The van der Waals surface area contributed by atoms with Crippen molar-refractivity contribution in [3.05, 3.63) is 24.0 Å². The number of amidine groups is 1. The van der Waals surface area contributed by atoms with Gasteiger partial charge >= 0.3 is 0 Å². The number of hydrogen-bond acceptors (Lipinski definition) is 4. The van der Waals surface area contributed by atoms with Crippen molar-refractivity contribution < 1.29 is 4.74 Å². The monoisotopic (exact) mass is 208 g/mol. The Bertz CT molecular complexity index is 340. The lowest BCUT2D eigenvalue weighted by Crippen LogP contribution is -2.21. The molecule has 0 aliphatic carbocycles. The third kappa shape index (κ3) is 3.21. The second kappa shape index (κ2) is 5.31. The Morgan fingerprint density at radius 3 is 3.07 bits per heavy atom. The minimum absolute atomic E-state index is 0.0387. The second-order valence-corrected chi connectivity index (χ2v) is 3.24. The summed E-state index contributed by atoms with van der Waals surface area (Å²) in [4.78, 5) is 4.03. The van der Waals surface area contributed by atoms with Crippen LogP contribution in [0.4, 0.5) is 5.69 Å². The zero-order chi connectivity index (χ0) is 11.3. The first-order valence-corrected chi connectivity index (χ1v) is 4.71. The maximum absolute atomic E-state index is 7.35. The van der Waals surface area contributed by atoms with Gasteiger partial charge in [-0.2, -0.15) is 0 Å². The molecule has 0 spiro atoms. The molecular formula is C10H16N4O. The maximum Gasteiger partial charge on any atom is 0.143 e. The average Bonchev–Trinajstić information content (AvgIpc) is 2.26. The third-order valence-electron chi connectivity index (χ3n) is 2.05. The van der Waals surface area contributed by atoms with Crippen molar-refractivity contribution in [2.75, 3.05) is 19.0 Å². The molecular weight excluding hydrogens is 192 g/mol. The zero-order valence-corrected chi connectivity index (χ0v) is 8.95. The fourth-order valence-corrected chi connectivity index (χ4v) is 1.10. The van der Waals surface area contributed by atoms with Gasteiger partial charge in [-0.25, -0.2) is 0 Å². The van der Waals surface area contributed by atoms with Gasteiger partial charge in [-0.05, 0) is 19.1 Å². The topological polar surface area (TPSA) is 84.0 Å². The first kappa shape index (κ1) is 11.5. The first-order chi connectivity index (χ1) is 7.15. The Morgan fingerprint density at radius 1 is 1.73 bits per heavy atom. The summed E-state index contributed by atoms with van der Waals surface area (Å²) in [6.45, 7) is 2.61. The number of rotatable bonds is 5. The molecule has 0 saturated heterocycles. The number of nitrogen functional groups attached to an aromatic ring is 1. The van der Waals surface area contributed by atoms with Crippen molar-refractivity contribution in [1.82, 2.24) is 4.98 Å². The van der Waals surface area contributed by atoms with Gasteiger partial charge in [0.25, 0.3) is 0 Å². The molecule has 1 aromatic heterocycles. The van der Waals surface area contributed by atoms with E-state index in [1.54, 1.807) is 19.4 Å². The van der Waals surface area contributed by atoms with Crippen LogP contribution in [0, 0.1) is 5.41 Å². The molecule has 1 unspecified atom stereocenters. The zero-order valence-electron chi connectivity index (χ0n) is 8.95. The van der Waals surface area contributed by atoms with Crippen molar-refractivity contribution in [1.29, 1.82) is 5.41 Å². The quantitative estimate of drug-likeness (QED) is 0.494. The van der Waals surface area contributed by atoms with Crippen molar-refractivity contribution >= 4 is 11.5 Å². The van der Waals surface area contributed by atoms with E-state index in [0.717, 1.165) is 5.69 Å². The highest BCUT2D eigenvalue weighted by molar-refractivity contribution is 5.98. The number of aromatic nitrogens is 1. The average molecular weight is 208 g/mol. The lowest BCUT2D eigenvalue weighted by atomic mass is 10.2. The highest BCUT2D eigenvalue weighted by Gasteiger charge is 2.06. The van der Waals surface area contributed by atoms with Crippen LogP contribution in [-0.4, -0.2) is 30.6 Å². The van der Waals surface area contributed by atoms with Crippen LogP contribution in [0.3, 0.4) is 0 Å². The van der Waals surface area contributed by atoms with E-state index < -0.39 is 0 Å². The molecule has 0 aliphatic rings. The molecule has 5 heteroatoms. The predicted octanol–water partition coefficient (Wildman–Crippen LogP) is 0.812. The van der Waals surface area contributed by atoms with E-state index in [1.165, 1.54) is 0 Å². The van der Waals surface area contributed by atoms with Crippen molar-refractivity contribution in [2.24, 2.45) is 5.73 Å². The highest BCUT2D eigenvalue weighted by Crippen LogP contribution is 2.11. The molecule has 1 atom stereocenters. The lowest BCUT2D eigenvalue weighted by Gasteiger charge is -2.13. The van der Waals surface area contributed by atoms with Crippen LogP contribution in [0.2, 0.25) is 0 Å². The number of hydrogen-bond donors (Lipinski definition) is 3. The molecule has 0 aromatic carbocycles. The van der Waals surface area contributed by atoms with E-state index in [2.05, 4.69) is 10.3 Å². The Kier molecular flexibility index (Phi) is 4.05. The molecule has 0 bridgehead atoms. The van der Waals surface area contributed by atoms with Gasteiger partial charge in [-0.3, -0.25) is 10.4 Å². The molecule has 0 aliphatic heterocycles. The van der Waals surface area contributed by atoms with E-state index in [1.807, 2.05) is 13.0 Å². The molecule has 1 heterocycles. The van der Waals surface area contributed by atoms with E-state index in [4.69, 9.17) is 15.9 Å². The summed E-state index contributed by atoms with van der Waals surface area (Å²) in [7, 11) is 1.65. The normalized spacial score (nSPS) is 12.1. The van der Waals surface area contributed by atoms with E-state index in [-0.39, 0.29) is 11.9 Å².